The molecule has 1 aliphatic heterocycles. The van der Waals surface area contributed by atoms with Crippen LogP contribution in [0.15, 0.2) is 24.0 Å². The first-order valence-electron chi connectivity index (χ1n) is 2.50. The molecule has 1 heteroatoms. The van der Waals surface area contributed by atoms with Gasteiger partial charge in [-0.3, -0.25) is 0 Å². The summed E-state index contributed by atoms with van der Waals surface area (Å²) in [5.74, 6) is 0. The van der Waals surface area contributed by atoms with Gasteiger partial charge in [-0.15, -0.1) is 0 Å². The first kappa shape index (κ1) is 4.44. The van der Waals surface area contributed by atoms with Crippen molar-refractivity contribution < 1.29 is 0 Å². The lowest BCUT2D eigenvalue weighted by atomic mass is 10.3. The summed E-state index contributed by atoms with van der Waals surface area (Å²) in [5.41, 5.74) is 1.31. The third kappa shape index (κ3) is 0.829. The summed E-state index contributed by atoms with van der Waals surface area (Å²) in [6.45, 7) is 2.04. The zero-order valence-corrected chi connectivity index (χ0v) is 4.44. The van der Waals surface area contributed by atoms with E-state index in [1.54, 1.807) is 0 Å². The fourth-order valence-corrected chi connectivity index (χ4v) is 0.612. The second-order valence-corrected chi connectivity index (χ2v) is 1.56. The summed E-state index contributed by atoms with van der Waals surface area (Å²) >= 11 is 0. The molecule has 0 aromatic heterocycles. The Balaban J connectivity index is 2.51. The van der Waals surface area contributed by atoms with E-state index in [0.29, 0.717) is 0 Å². The van der Waals surface area contributed by atoms with Gasteiger partial charge in [0.05, 0.1) is 0 Å². The SMILES string of the molecule is CC=C1CC=CN1. The maximum atomic E-state index is 3.09. The highest BCUT2D eigenvalue weighted by molar-refractivity contribution is 5.13. The van der Waals surface area contributed by atoms with Gasteiger partial charge in [0.2, 0.25) is 0 Å². The number of hydrogen-bond acceptors (Lipinski definition) is 1. The van der Waals surface area contributed by atoms with Crippen LogP contribution in [0.4, 0.5) is 0 Å². The maximum absolute atomic E-state index is 3.09. The summed E-state index contributed by atoms with van der Waals surface area (Å²) in [6.07, 6.45) is 7.24. The first-order chi connectivity index (χ1) is 3.43. The summed E-state index contributed by atoms with van der Waals surface area (Å²) in [5, 5.41) is 3.09. The van der Waals surface area contributed by atoms with Crippen LogP contribution in [0.3, 0.4) is 0 Å². The molecule has 1 nitrogen and oxygen atoms in total. The first-order valence-corrected chi connectivity index (χ1v) is 2.50. The molecule has 1 aliphatic rings. The van der Waals surface area contributed by atoms with E-state index in [1.807, 2.05) is 13.1 Å². The van der Waals surface area contributed by atoms with Crippen molar-refractivity contribution in [1.29, 1.82) is 0 Å². The Kier molecular flexibility index (Phi) is 1.16. The van der Waals surface area contributed by atoms with E-state index in [9.17, 15) is 0 Å². The minimum Gasteiger partial charge on any atom is -0.365 e. The van der Waals surface area contributed by atoms with Gasteiger partial charge < -0.3 is 5.32 Å². The molecule has 0 radical (unpaired) electrons. The topological polar surface area (TPSA) is 12.0 Å². The largest absolute Gasteiger partial charge is 0.365 e. The standard InChI is InChI=1S/C6H9N/c1-2-6-4-3-5-7-6/h2-3,5,7H,4H2,1H3. The van der Waals surface area contributed by atoms with Crippen molar-refractivity contribution in [2.24, 2.45) is 0 Å². The molecule has 0 saturated carbocycles. The van der Waals surface area contributed by atoms with Gasteiger partial charge in [0.15, 0.2) is 0 Å². The molecule has 0 fully saturated rings. The van der Waals surface area contributed by atoms with Crippen molar-refractivity contribution in [3.63, 3.8) is 0 Å². The Morgan fingerprint density at radius 3 is 3.00 bits per heavy atom. The smallest absolute Gasteiger partial charge is 0.0142 e. The van der Waals surface area contributed by atoms with Gasteiger partial charge in [-0.25, -0.2) is 0 Å². The number of nitrogens with one attached hydrogen (secondary N) is 1. The molecule has 38 valence electrons. The molecular formula is C6H9N. The van der Waals surface area contributed by atoms with Gasteiger partial charge >= 0.3 is 0 Å². The van der Waals surface area contributed by atoms with E-state index in [-0.39, 0.29) is 0 Å². The van der Waals surface area contributed by atoms with Crippen molar-refractivity contribution in [3.05, 3.63) is 24.0 Å². The van der Waals surface area contributed by atoms with E-state index < -0.39 is 0 Å². The normalized spacial score (nSPS) is 23.3. The molecule has 0 aromatic carbocycles. The highest BCUT2D eigenvalue weighted by atomic mass is 14.9. The molecule has 0 atom stereocenters. The molecule has 1 rings (SSSR count). The van der Waals surface area contributed by atoms with Crippen LogP contribution in [0.1, 0.15) is 13.3 Å². The average molecular weight is 95.1 g/mol. The van der Waals surface area contributed by atoms with Crippen molar-refractivity contribution in [2.45, 2.75) is 13.3 Å². The second-order valence-electron chi connectivity index (χ2n) is 1.56. The fraction of sp³-hybridized carbons (Fsp3) is 0.333. The van der Waals surface area contributed by atoms with Gasteiger partial charge in [0.1, 0.15) is 0 Å². The molecule has 0 saturated heterocycles. The molecule has 0 unspecified atom stereocenters. The van der Waals surface area contributed by atoms with Crippen molar-refractivity contribution >= 4 is 0 Å². The van der Waals surface area contributed by atoms with Crippen molar-refractivity contribution in [1.82, 2.24) is 5.32 Å². The Morgan fingerprint density at radius 2 is 2.71 bits per heavy atom. The Morgan fingerprint density at radius 1 is 1.86 bits per heavy atom. The molecule has 1 heterocycles. The third-order valence-electron chi connectivity index (χ3n) is 1.07. The molecule has 0 bridgehead atoms. The molecule has 7 heavy (non-hydrogen) atoms. The van der Waals surface area contributed by atoms with Crippen LogP contribution < -0.4 is 5.32 Å². The van der Waals surface area contributed by atoms with E-state index in [1.165, 1.54) is 5.70 Å². The lowest BCUT2D eigenvalue weighted by Gasteiger charge is -1.90. The minimum atomic E-state index is 1.08. The van der Waals surface area contributed by atoms with E-state index in [0.717, 1.165) is 6.42 Å². The summed E-state index contributed by atoms with van der Waals surface area (Å²) in [6, 6.07) is 0. The summed E-state index contributed by atoms with van der Waals surface area (Å²) in [7, 11) is 0. The van der Waals surface area contributed by atoms with E-state index >= 15 is 0 Å². The van der Waals surface area contributed by atoms with Gasteiger partial charge in [-0.1, -0.05) is 12.2 Å². The zero-order valence-electron chi connectivity index (χ0n) is 4.44. The molecule has 0 spiro atoms. The van der Waals surface area contributed by atoms with Crippen LogP contribution in [0, 0.1) is 0 Å². The molecule has 0 aliphatic carbocycles. The summed E-state index contributed by atoms with van der Waals surface area (Å²) in [4.78, 5) is 0. The van der Waals surface area contributed by atoms with Crippen LogP contribution in [0.25, 0.3) is 0 Å². The lowest BCUT2D eigenvalue weighted by Crippen LogP contribution is -1.95. The quantitative estimate of drug-likeness (QED) is 0.479. The van der Waals surface area contributed by atoms with Crippen molar-refractivity contribution in [3.8, 4) is 0 Å². The van der Waals surface area contributed by atoms with Crippen molar-refractivity contribution in [2.75, 3.05) is 0 Å². The van der Waals surface area contributed by atoms with Crippen LogP contribution in [0.5, 0.6) is 0 Å². The number of hydrogen-bond donors (Lipinski definition) is 1. The van der Waals surface area contributed by atoms with Crippen LogP contribution in [0.2, 0.25) is 0 Å². The Bertz CT molecular complexity index is 101. The fourth-order valence-electron chi connectivity index (χ4n) is 0.612. The van der Waals surface area contributed by atoms with Gasteiger partial charge in [-0.2, -0.15) is 0 Å². The summed E-state index contributed by atoms with van der Waals surface area (Å²) < 4.78 is 0. The molecular weight excluding hydrogens is 86.1 g/mol. The van der Waals surface area contributed by atoms with E-state index in [4.69, 9.17) is 0 Å². The average Bonchev–Trinajstić information content (AvgIpc) is 2.14. The van der Waals surface area contributed by atoms with Crippen LogP contribution >= 0.6 is 0 Å². The lowest BCUT2D eigenvalue weighted by molar-refractivity contribution is 1.06. The minimum absolute atomic E-state index is 1.08. The van der Waals surface area contributed by atoms with E-state index in [2.05, 4.69) is 17.5 Å². The highest BCUT2D eigenvalue weighted by Crippen LogP contribution is 2.02. The highest BCUT2D eigenvalue weighted by Gasteiger charge is 1.92. The number of allylic oxidation sites excluding steroid dienone is 2. The Hall–Kier alpha value is -0.720. The van der Waals surface area contributed by atoms with Crippen LogP contribution in [-0.4, -0.2) is 0 Å². The molecule has 1 N–H and O–H groups in total. The predicted octanol–water partition coefficient (Wildman–Crippen LogP) is 1.40. The van der Waals surface area contributed by atoms with Crippen LogP contribution in [-0.2, 0) is 0 Å². The van der Waals surface area contributed by atoms with Gasteiger partial charge in [0, 0.05) is 12.1 Å². The second kappa shape index (κ2) is 1.82. The third-order valence-corrected chi connectivity index (χ3v) is 1.07. The predicted molar refractivity (Wildman–Crippen MR) is 30.6 cm³/mol. The molecule has 0 amide bonds. The number of rotatable bonds is 0. The Labute approximate surface area is 43.7 Å². The maximum Gasteiger partial charge on any atom is 0.0142 e. The monoisotopic (exact) mass is 95.1 g/mol. The molecule has 0 aromatic rings. The van der Waals surface area contributed by atoms with Gasteiger partial charge in [-0.05, 0) is 13.1 Å². The zero-order chi connectivity index (χ0) is 5.11. The van der Waals surface area contributed by atoms with Gasteiger partial charge in [0.25, 0.3) is 0 Å².